The van der Waals surface area contributed by atoms with Gasteiger partial charge in [-0.05, 0) is 260 Å². The van der Waals surface area contributed by atoms with Crippen LogP contribution in [0.1, 0.15) is 97.7 Å². The zero-order chi connectivity index (χ0) is 91.6. The van der Waals surface area contributed by atoms with Gasteiger partial charge >= 0.3 is 17.9 Å². The number of carbonyl (C=O) groups excluding carboxylic acids is 3. The number of aryl methyl sites for hydroxylation is 6. The van der Waals surface area contributed by atoms with Crippen LogP contribution in [0.5, 0.6) is 0 Å². The standard InChI is InChI=1S/C28H28N6O4.C26H26N6O2.C24H24N6.C23H22N6/c1-4-37-24(35)19-9-13-21(14-10-19)29-26-32-27(30-22-15-11-20(12-16-22)25(36)38-5-2)34-28(33-26)31-23-8-6-7-18(3)17-23;1-4-34-23(33)19-9-15-22(16-10-19)29-26-31-24(27-20-11-5-17(2)6-12-20)30-25(32-26)28-21-13-7-18(3)8-14-21;1-3-20-17(2)11-10-16-21(20)27-24-29-22(25-18-12-6-4-7-13-18)28-23(30-24)26-19-14-8-5-9-15-19;1-16-10-9-11-17(2)20(16)26-23-28-21(24-18-12-5-3-6-13-18)27-22(29-23)25-19-14-7-4-8-15-19/h6-17H,4-5H2,1-3H3,(H3,29,30,31,32,33,34);5-16H,4H2,1-3H3,(H3,27,28,29,30,31,32);4-16H,3H2,1-2H3,(H3,25,26,27,28,29,30);3-15H,1-2H3,(H3,24,25,26,27,28,29). The van der Waals surface area contributed by atoms with Crippen LogP contribution in [0.25, 0.3) is 0 Å². The highest BCUT2D eigenvalue weighted by atomic mass is 16.5. The molecule has 0 atom stereocenters. The van der Waals surface area contributed by atoms with Crippen LogP contribution in [0, 0.1) is 41.5 Å². The Bertz CT molecular complexity index is 6150. The highest BCUT2D eigenvalue weighted by Gasteiger charge is 2.18. The predicted molar refractivity (Wildman–Crippen MR) is 522 cm³/mol. The molecule has 0 saturated carbocycles. The van der Waals surface area contributed by atoms with Crippen molar-refractivity contribution in [1.82, 2.24) is 59.8 Å². The Balaban J connectivity index is 0.000000149. The summed E-state index contributed by atoms with van der Waals surface area (Å²) in [6.45, 7) is 20.7. The minimum Gasteiger partial charge on any atom is -0.462 e. The van der Waals surface area contributed by atoms with Crippen molar-refractivity contribution in [3.63, 3.8) is 0 Å². The van der Waals surface area contributed by atoms with E-state index in [4.69, 9.17) is 14.2 Å². The second-order valence-corrected chi connectivity index (χ2v) is 29.4. The van der Waals surface area contributed by atoms with Crippen LogP contribution in [-0.2, 0) is 20.6 Å². The van der Waals surface area contributed by atoms with E-state index in [-0.39, 0.29) is 29.8 Å². The van der Waals surface area contributed by atoms with Gasteiger partial charge in [0, 0.05) is 68.2 Å². The fraction of sp³-hybridized carbons (Fsp3) is 0.139. The van der Waals surface area contributed by atoms with Crippen LogP contribution in [-0.4, -0.2) is 97.5 Å². The molecule has 0 aliphatic carbocycles. The number of nitrogens with zero attached hydrogens (tertiary/aromatic N) is 12. The first-order chi connectivity index (χ1) is 63.8. The molecular formula is C101H100N24O6. The van der Waals surface area contributed by atoms with Crippen LogP contribution in [0.3, 0.4) is 0 Å². The topological polar surface area (TPSA) is 378 Å². The summed E-state index contributed by atoms with van der Waals surface area (Å²) in [6.07, 6.45) is 0.921. The van der Waals surface area contributed by atoms with Crippen molar-refractivity contribution < 1.29 is 28.6 Å². The maximum absolute atomic E-state index is 11.9. The van der Waals surface area contributed by atoms with Crippen molar-refractivity contribution >= 4 is 158 Å². The van der Waals surface area contributed by atoms with Gasteiger partial charge in [0.1, 0.15) is 0 Å². The normalized spacial score (nSPS) is 10.4. The number of ether oxygens (including phenoxy) is 3. The van der Waals surface area contributed by atoms with Crippen molar-refractivity contribution in [2.75, 3.05) is 83.6 Å². The first-order valence-electron chi connectivity index (χ1n) is 42.4. The Hall–Kier alpha value is -17.3. The first kappa shape index (κ1) is 91.4. The van der Waals surface area contributed by atoms with E-state index < -0.39 is 0 Å². The molecule has 0 bridgehead atoms. The van der Waals surface area contributed by atoms with Crippen LogP contribution in [0.4, 0.5) is 140 Å². The number of aromatic nitrogens is 12. The van der Waals surface area contributed by atoms with Gasteiger partial charge in [-0.15, -0.1) is 0 Å². The summed E-state index contributed by atoms with van der Waals surface area (Å²) in [4.78, 5) is 90.2. The SMILES string of the molecule is CCOC(=O)c1ccc(Nc2nc(Nc3ccc(C(=O)OCC)cc3)nc(Nc3cccc(C)c3)n2)cc1.CCOC(=O)c1ccc(Nc2nc(Nc3ccc(C)cc3)nc(Nc3ccc(C)cc3)n2)cc1.CCc1c(C)cccc1Nc1nc(Nc2ccccc2)nc(Nc2ccccc2)n1.Cc1cccc(C)c1Nc1nc(Nc2ccccc2)nc(Nc2ccccc2)n1. The van der Waals surface area contributed by atoms with E-state index >= 15 is 0 Å². The summed E-state index contributed by atoms with van der Waals surface area (Å²) in [6, 6.07) is 96.0. The molecule has 12 N–H and O–H groups in total. The quantitative estimate of drug-likeness (QED) is 0.0142. The van der Waals surface area contributed by atoms with Gasteiger partial charge in [-0.2, -0.15) is 59.8 Å². The zero-order valence-electron chi connectivity index (χ0n) is 74.0. The number of hydrogen-bond acceptors (Lipinski definition) is 30. The molecule has 30 nitrogen and oxygen atoms in total. The maximum atomic E-state index is 11.9. The third-order valence-electron chi connectivity index (χ3n) is 19.2. The number of benzene rings is 12. The number of rotatable bonds is 31. The van der Waals surface area contributed by atoms with E-state index in [2.05, 4.69) is 170 Å². The van der Waals surface area contributed by atoms with Crippen LogP contribution in [0.15, 0.2) is 303 Å². The Morgan fingerprint density at radius 3 is 0.725 bits per heavy atom. The number of carbonyl (C=O) groups is 3. The number of nitrogens with one attached hydrogen (secondary N) is 12. The number of hydrogen-bond donors (Lipinski definition) is 12. The predicted octanol–water partition coefficient (Wildman–Crippen LogP) is 23.4. The molecule has 4 heterocycles. The fourth-order valence-electron chi connectivity index (χ4n) is 12.8. The molecule has 0 aliphatic rings. The largest absolute Gasteiger partial charge is 0.462 e. The Kier molecular flexibility index (Phi) is 32.1. The van der Waals surface area contributed by atoms with E-state index in [0.29, 0.717) is 107 Å². The summed E-state index contributed by atoms with van der Waals surface area (Å²) in [5.74, 6) is 3.66. The first-order valence-corrected chi connectivity index (χ1v) is 42.4. The molecule has 4 aromatic heterocycles. The molecule has 0 saturated heterocycles. The summed E-state index contributed by atoms with van der Waals surface area (Å²) in [5.41, 5.74) is 19.8. The summed E-state index contributed by atoms with van der Waals surface area (Å²) >= 11 is 0. The monoisotopic (exact) mass is 1740 g/mol. The molecular weight excluding hydrogens is 1650 g/mol. The maximum Gasteiger partial charge on any atom is 0.338 e. The van der Waals surface area contributed by atoms with E-state index in [1.165, 1.54) is 11.1 Å². The Morgan fingerprint density at radius 2 is 0.450 bits per heavy atom. The molecule has 0 radical (unpaired) electrons. The van der Waals surface area contributed by atoms with Crippen molar-refractivity contribution in [2.24, 2.45) is 0 Å². The smallest absolute Gasteiger partial charge is 0.338 e. The second-order valence-electron chi connectivity index (χ2n) is 29.4. The third-order valence-corrected chi connectivity index (χ3v) is 19.2. The van der Waals surface area contributed by atoms with Gasteiger partial charge in [-0.1, -0.05) is 158 Å². The third kappa shape index (κ3) is 28.1. The lowest BCUT2D eigenvalue weighted by atomic mass is 10.0. The molecule has 30 heteroatoms. The van der Waals surface area contributed by atoms with Gasteiger partial charge < -0.3 is 78.0 Å². The van der Waals surface area contributed by atoms with Crippen molar-refractivity contribution in [1.29, 1.82) is 0 Å². The minimum absolute atomic E-state index is 0.282. The highest BCUT2D eigenvalue weighted by Crippen LogP contribution is 2.31. The molecule has 16 rings (SSSR count). The molecule has 12 aromatic carbocycles. The lowest BCUT2D eigenvalue weighted by Crippen LogP contribution is -2.08. The molecule has 0 spiro atoms. The number of anilines is 24. The van der Waals surface area contributed by atoms with Gasteiger partial charge in [0.15, 0.2) is 0 Å². The second kappa shape index (κ2) is 46.1. The molecule has 0 amide bonds. The molecule has 131 heavy (non-hydrogen) atoms. The molecule has 660 valence electrons. The lowest BCUT2D eigenvalue weighted by molar-refractivity contribution is 0.0517. The fourth-order valence-corrected chi connectivity index (χ4v) is 12.8. The van der Waals surface area contributed by atoms with E-state index in [9.17, 15) is 14.4 Å². The van der Waals surface area contributed by atoms with Gasteiger partial charge in [-0.3, -0.25) is 0 Å². The molecule has 0 fully saturated rings. The molecule has 0 unspecified atom stereocenters. The zero-order valence-corrected chi connectivity index (χ0v) is 74.0. The molecule has 0 aliphatic heterocycles. The van der Waals surface area contributed by atoms with Crippen molar-refractivity contribution in [3.8, 4) is 0 Å². The van der Waals surface area contributed by atoms with Crippen LogP contribution >= 0.6 is 0 Å². The summed E-state index contributed by atoms with van der Waals surface area (Å²) in [5, 5.41) is 38.9. The number of para-hydroxylation sites is 5. The van der Waals surface area contributed by atoms with Crippen LogP contribution < -0.4 is 63.8 Å². The van der Waals surface area contributed by atoms with Gasteiger partial charge in [0.05, 0.1) is 36.5 Å². The summed E-state index contributed by atoms with van der Waals surface area (Å²) in [7, 11) is 0. The van der Waals surface area contributed by atoms with Crippen LogP contribution in [0.2, 0.25) is 0 Å². The summed E-state index contributed by atoms with van der Waals surface area (Å²) < 4.78 is 15.1. The molecule has 16 aromatic rings. The highest BCUT2D eigenvalue weighted by molar-refractivity contribution is 5.91. The van der Waals surface area contributed by atoms with Gasteiger partial charge in [-0.25, -0.2) is 14.4 Å². The van der Waals surface area contributed by atoms with Gasteiger partial charge in [0.25, 0.3) is 0 Å². The van der Waals surface area contributed by atoms with Crippen molar-refractivity contribution in [2.45, 2.75) is 75.7 Å². The lowest BCUT2D eigenvalue weighted by Gasteiger charge is -2.14. The number of esters is 3. The van der Waals surface area contributed by atoms with E-state index in [0.717, 1.165) is 91.1 Å². The van der Waals surface area contributed by atoms with E-state index in [1.54, 1.807) is 93.6 Å². The Morgan fingerprint density at radius 1 is 0.221 bits per heavy atom. The van der Waals surface area contributed by atoms with E-state index in [1.807, 2.05) is 233 Å². The minimum atomic E-state index is -0.385. The van der Waals surface area contributed by atoms with Crippen molar-refractivity contribution in [3.05, 3.63) is 359 Å². The van der Waals surface area contributed by atoms with Gasteiger partial charge in [0.2, 0.25) is 71.4 Å². The average Bonchev–Trinajstić information content (AvgIpc) is 0.833. The Labute approximate surface area is 760 Å². The average molecular weight is 1750 g/mol.